The van der Waals surface area contributed by atoms with Crippen molar-refractivity contribution in [1.82, 2.24) is 4.98 Å². The number of carbonyl (C=O) groups is 3. The smallest absolute Gasteiger partial charge is 0.350 e. The lowest BCUT2D eigenvalue weighted by Gasteiger charge is -2.23. The molecule has 1 N–H and O–H groups in total. The molecule has 9 nitrogen and oxygen atoms in total. The van der Waals surface area contributed by atoms with Crippen LogP contribution in [0.1, 0.15) is 78.1 Å². The molecule has 3 heterocycles. The van der Waals surface area contributed by atoms with Crippen molar-refractivity contribution in [2.45, 2.75) is 65.5 Å². The van der Waals surface area contributed by atoms with E-state index in [2.05, 4.69) is 11.9 Å². The number of ketones is 1. The van der Waals surface area contributed by atoms with E-state index in [0.29, 0.717) is 35.6 Å². The second-order valence-electron chi connectivity index (χ2n) is 10.4. The number of rotatable bonds is 10. The van der Waals surface area contributed by atoms with Gasteiger partial charge in [0.25, 0.3) is 5.78 Å². The van der Waals surface area contributed by atoms with Gasteiger partial charge in [-0.05, 0) is 68.7 Å². The first-order valence-electron chi connectivity index (χ1n) is 14.2. The molecule has 2 aliphatic heterocycles. The number of hydrogen-bond donors (Lipinski definition) is 1. The SMILES string of the molecule is CCCCCOc1cccc(C2/C(=C(/O)c3ccc4c(c3)CC(C)O4)C(=O)C(=O)N2c2nc(C)c(C(=O)OCC)s2)c1. The van der Waals surface area contributed by atoms with Crippen LogP contribution in [0.25, 0.3) is 5.76 Å². The molecule has 10 heteroatoms. The van der Waals surface area contributed by atoms with Gasteiger partial charge in [-0.2, -0.15) is 0 Å². The average Bonchev–Trinajstić information content (AvgIpc) is 3.62. The number of aromatic nitrogens is 1. The largest absolute Gasteiger partial charge is 0.507 e. The van der Waals surface area contributed by atoms with E-state index >= 15 is 0 Å². The van der Waals surface area contributed by atoms with E-state index < -0.39 is 23.7 Å². The van der Waals surface area contributed by atoms with Crippen LogP contribution in [-0.2, 0) is 20.7 Å². The van der Waals surface area contributed by atoms with E-state index in [1.165, 1.54) is 4.90 Å². The highest BCUT2D eigenvalue weighted by Crippen LogP contribution is 2.45. The Balaban J connectivity index is 1.62. The first kappa shape index (κ1) is 29.3. The molecule has 2 aliphatic rings. The number of aryl methyl sites for hydroxylation is 1. The number of aliphatic hydroxyl groups is 1. The third-order valence-corrected chi connectivity index (χ3v) is 8.39. The number of aliphatic hydroxyl groups excluding tert-OH is 1. The quantitative estimate of drug-likeness (QED) is 0.0984. The van der Waals surface area contributed by atoms with Gasteiger partial charge in [0.1, 0.15) is 28.2 Å². The third-order valence-electron chi connectivity index (χ3n) is 7.26. The third kappa shape index (κ3) is 5.63. The Labute approximate surface area is 248 Å². The normalized spacial score (nSPS) is 19.1. The Hall–Kier alpha value is -4.18. The molecule has 2 unspecified atom stereocenters. The summed E-state index contributed by atoms with van der Waals surface area (Å²) in [6.07, 6.45) is 3.67. The predicted octanol–water partition coefficient (Wildman–Crippen LogP) is 6.15. The molecule has 1 fully saturated rings. The molecule has 2 atom stereocenters. The topological polar surface area (TPSA) is 115 Å². The van der Waals surface area contributed by atoms with Gasteiger partial charge in [-0.25, -0.2) is 9.78 Å². The van der Waals surface area contributed by atoms with E-state index in [9.17, 15) is 19.5 Å². The number of thiazole rings is 1. The van der Waals surface area contributed by atoms with E-state index in [1.54, 1.807) is 50.2 Å². The van der Waals surface area contributed by atoms with E-state index in [-0.39, 0.29) is 34.1 Å². The van der Waals surface area contributed by atoms with Gasteiger partial charge in [-0.1, -0.05) is 43.2 Å². The monoisotopic (exact) mass is 590 g/mol. The Morgan fingerprint density at radius 2 is 1.98 bits per heavy atom. The molecule has 0 spiro atoms. The zero-order valence-corrected chi connectivity index (χ0v) is 25.0. The predicted molar refractivity (Wildman–Crippen MR) is 159 cm³/mol. The number of nitrogens with zero attached hydrogens (tertiary/aromatic N) is 2. The number of esters is 1. The van der Waals surface area contributed by atoms with Crippen LogP contribution in [0.5, 0.6) is 11.5 Å². The fourth-order valence-electron chi connectivity index (χ4n) is 5.26. The second-order valence-corrected chi connectivity index (χ2v) is 11.4. The maximum Gasteiger partial charge on any atom is 0.350 e. The molecule has 2 aromatic carbocycles. The van der Waals surface area contributed by atoms with Gasteiger partial charge in [0.05, 0.1) is 30.5 Å². The number of fused-ring (bicyclic) bond motifs is 1. The molecule has 0 bridgehead atoms. The van der Waals surface area contributed by atoms with Crippen LogP contribution in [0, 0.1) is 6.92 Å². The molecule has 0 saturated carbocycles. The average molecular weight is 591 g/mol. The summed E-state index contributed by atoms with van der Waals surface area (Å²) in [5, 5.41) is 11.8. The van der Waals surface area contributed by atoms with Crippen LogP contribution < -0.4 is 14.4 Å². The summed E-state index contributed by atoms with van der Waals surface area (Å²) in [4.78, 5) is 45.8. The van der Waals surface area contributed by atoms with Crippen LogP contribution in [0.15, 0.2) is 48.0 Å². The fraction of sp³-hybridized carbons (Fsp3) is 0.375. The Morgan fingerprint density at radius 1 is 1.17 bits per heavy atom. The van der Waals surface area contributed by atoms with Crippen LogP contribution in [0.3, 0.4) is 0 Å². The van der Waals surface area contributed by atoms with Gasteiger partial charge in [0, 0.05) is 12.0 Å². The fourth-order valence-corrected chi connectivity index (χ4v) is 6.25. The van der Waals surface area contributed by atoms with Crippen LogP contribution in [0.2, 0.25) is 0 Å². The summed E-state index contributed by atoms with van der Waals surface area (Å²) in [7, 11) is 0. The van der Waals surface area contributed by atoms with Crippen LogP contribution in [-0.4, -0.2) is 47.1 Å². The van der Waals surface area contributed by atoms with Gasteiger partial charge >= 0.3 is 11.9 Å². The number of ether oxygens (including phenoxy) is 3. The second kappa shape index (κ2) is 12.4. The van der Waals surface area contributed by atoms with Gasteiger partial charge in [-0.15, -0.1) is 0 Å². The molecular weight excluding hydrogens is 556 g/mol. The van der Waals surface area contributed by atoms with Gasteiger partial charge in [0.15, 0.2) is 5.13 Å². The van der Waals surface area contributed by atoms with Crippen molar-refractivity contribution < 1.29 is 33.7 Å². The summed E-state index contributed by atoms with van der Waals surface area (Å²) in [5.74, 6) is -1.23. The lowest BCUT2D eigenvalue weighted by atomic mass is 9.94. The summed E-state index contributed by atoms with van der Waals surface area (Å²) < 4.78 is 16.9. The molecule has 0 aliphatic carbocycles. The van der Waals surface area contributed by atoms with Crippen molar-refractivity contribution >= 4 is 39.9 Å². The standard InChI is InChI=1S/C32H34N2O7S/c1-5-7-8-14-40-23-11-9-10-20(17-23)26-25(27(35)21-12-13-24-22(16-21)15-18(3)41-24)28(36)30(37)34(26)32-33-19(4)29(42-32)31(38)39-6-2/h9-13,16-18,26,35H,5-8,14-15H2,1-4H3/b27-25-. The Bertz CT molecular complexity index is 1560. The minimum absolute atomic E-state index is 0.00442. The van der Waals surface area contributed by atoms with Gasteiger partial charge in [0.2, 0.25) is 0 Å². The number of benzene rings is 2. The molecular formula is C32H34N2O7S. The van der Waals surface area contributed by atoms with Crippen molar-refractivity contribution in [3.8, 4) is 11.5 Å². The highest BCUT2D eigenvalue weighted by molar-refractivity contribution is 7.17. The maximum absolute atomic E-state index is 13.7. The summed E-state index contributed by atoms with van der Waals surface area (Å²) in [6.45, 7) is 8.15. The maximum atomic E-state index is 13.7. The summed E-state index contributed by atoms with van der Waals surface area (Å²) >= 11 is 0.974. The lowest BCUT2D eigenvalue weighted by Crippen LogP contribution is -2.29. The number of anilines is 1. The summed E-state index contributed by atoms with van der Waals surface area (Å²) in [6, 6.07) is 11.4. The number of amides is 1. The molecule has 1 aromatic heterocycles. The molecule has 3 aromatic rings. The van der Waals surface area contributed by atoms with Crippen molar-refractivity contribution in [3.63, 3.8) is 0 Å². The molecule has 42 heavy (non-hydrogen) atoms. The van der Waals surface area contributed by atoms with Crippen molar-refractivity contribution in [2.24, 2.45) is 0 Å². The van der Waals surface area contributed by atoms with Crippen molar-refractivity contribution in [2.75, 3.05) is 18.1 Å². The Morgan fingerprint density at radius 3 is 2.74 bits per heavy atom. The van der Waals surface area contributed by atoms with Gasteiger partial charge < -0.3 is 19.3 Å². The first-order valence-corrected chi connectivity index (χ1v) is 15.0. The minimum Gasteiger partial charge on any atom is -0.507 e. The zero-order valence-electron chi connectivity index (χ0n) is 24.1. The van der Waals surface area contributed by atoms with E-state index in [4.69, 9.17) is 14.2 Å². The minimum atomic E-state index is -1.01. The summed E-state index contributed by atoms with van der Waals surface area (Å²) in [5.41, 5.74) is 2.20. The zero-order chi connectivity index (χ0) is 30.0. The van der Waals surface area contributed by atoms with E-state index in [1.807, 2.05) is 13.0 Å². The molecule has 0 radical (unpaired) electrons. The highest BCUT2D eigenvalue weighted by atomic mass is 32.1. The van der Waals surface area contributed by atoms with Crippen LogP contribution >= 0.6 is 11.3 Å². The lowest BCUT2D eigenvalue weighted by molar-refractivity contribution is -0.132. The highest BCUT2D eigenvalue weighted by Gasteiger charge is 2.48. The van der Waals surface area contributed by atoms with Gasteiger partial charge in [-0.3, -0.25) is 14.5 Å². The molecule has 1 saturated heterocycles. The molecule has 220 valence electrons. The first-order chi connectivity index (χ1) is 20.2. The Kier molecular flexibility index (Phi) is 8.63. The number of carbonyl (C=O) groups excluding carboxylic acids is 3. The van der Waals surface area contributed by atoms with E-state index in [0.717, 1.165) is 41.9 Å². The van der Waals surface area contributed by atoms with Crippen LogP contribution in [0.4, 0.5) is 5.13 Å². The van der Waals surface area contributed by atoms with Crippen molar-refractivity contribution in [1.29, 1.82) is 0 Å². The number of Topliss-reactive ketones (excluding diaryl/α,β-unsaturated/α-hetero) is 1. The number of hydrogen-bond acceptors (Lipinski definition) is 9. The number of unbranched alkanes of at least 4 members (excludes halogenated alkanes) is 2. The molecule has 5 rings (SSSR count). The van der Waals surface area contributed by atoms with Crippen molar-refractivity contribution in [3.05, 3.63) is 75.3 Å². The molecule has 1 amide bonds.